The van der Waals surface area contributed by atoms with E-state index in [9.17, 15) is 0 Å². The molecule has 146 valence electrons. The highest BCUT2D eigenvalue weighted by Gasteiger charge is 2.26. The fourth-order valence-corrected chi connectivity index (χ4v) is 3.72. The number of aromatic nitrogens is 4. The van der Waals surface area contributed by atoms with Crippen molar-refractivity contribution in [2.24, 2.45) is 0 Å². The molecule has 1 aromatic heterocycles. The third kappa shape index (κ3) is 3.40. The zero-order valence-corrected chi connectivity index (χ0v) is 16.1. The number of methoxy groups -OCH3 is 1. The molecule has 0 radical (unpaired) electrons. The smallest absolute Gasteiger partial charge is 0.250 e. The molecule has 0 saturated carbocycles. The summed E-state index contributed by atoms with van der Waals surface area (Å²) >= 11 is 0. The minimum atomic E-state index is -0.0452. The van der Waals surface area contributed by atoms with E-state index in [0.717, 1.165) is 40.3 Å². The SMILES string of the molecule is COc1ccc2cc([C@H]3CN(c4nnnn4-c4ccccc4)CCO3)ccc2c1. The first kappa shape index (κ1) is 17.6. The van der Waals surface area contributed by atoms with Crippen LogP contribution >= 0.6 is 0 Å². The summed E-state index contributed by atoms with van der Waals surface area (Å²) in [5, 5.41) is 14.7. The summed E-state index contributed by atoms with van der Waals surface area (Å²) in [5.74, 6) is 1.59. The lowest BCUT2D eigenvalue weighted by molar-refractivity contribution is 0.0391. The van der Waals surface area contributed by atoms with Crippen LogP contribution in [-0.4, -0.2) is 47.0 Å². The molecule has 29 heavy (non-hydrogen) atoms. The van der Waals surface area contributed by atoms with Gasteiger partial charge in [0.1, 0.15) is 11.9 Å². The van der Waals surface area contributed by atoms with E-state index in [1.807, 2.05) is 42.5 Å². The topological polar surface area (TPSA) is 65.3 Å². The highest BCUT2D eigenvalue weighted by molar-refractivity contribution is 5.84. The second-order valence-corrected chi connectivity index (χ2v) is 7.00. The first-order valence-electron chi connectivity index (χ1n) is 9.60. The molecule has 0 unspecified atom stereocenters. The highest BCUT2D eigenvalue weighted by atomic mass is 16.5. The van der Waals surface area contributed by atoms with E-state index in [2.05, 4.69) is 44.7 Å². The lowest BCUT2D eigenvalue weighted by Crippen LogP contribution is -2.39. The molecule has 1 fully saturated rings. The number of morpholine rings is 1. The molecule has 7 nitrogen and oxygen atoms in total. The fraction of sp³-hybridized carbons (Fsp3) is 0.227. The third-order valence-electron chi connectivity index (χ3n) is 5.25. The number of hydrogen-bond acceptors (Lipinski definition) is 6. The van der Waals surface area contributed by atoms with Crippen LogP contribution in [0, 0.1) is 0 Å². The Morgan fingerprint density at radius 3 is 2.69 bits per heavy atom. The van der Waals surface area contributed by atoms with E-state index >= 15 is 0 Å². The standard InChI is InChI=1S/C22H21N5O2/c1-28-20-10-9-16-13-18(8-7-17(16)14-20)21-15-26(11-12-29-21)22-23-24-25-27(22)19-5-3-2-4-6-19/h2-10,13-14,21H,11-12,15H2,1H3/t21-/m1/s1. The first-order valence-corrected chi connectivity index (χ1v) is 9.60. The van der Waals surface area contributed by atoms with E-state index in [1.165, 1.54) is 0 Å². The number of anilines is 1. The summed E-state index contributed by atoms with van der Waals surface area (Å²) < 4.78 is 13.2. The van der Waals surface area contributed by atoms with Crippen LogP contribution in [0.15, 0.2) is 66.7 Å². The molecule has 3 aromatic carbocycles. The maximum atomic E-state index is 6.09. The summed E-state index contributed by atoms with van der Waals surface area (Å²) in [6.07, 6.45) is -0.0452. The van der Waals surface area contributed by atoms with Gasteiger partial charge in [-0.05, 0) is 57.1 Å². The van der Waals surface area contributed by atoms with Crippen LogP contribution in [0.3, 0.4) is 0 Å². The molecule has 1 saturated heterocycles. The Bertz CT molecular complexity index is 1130. The molecule has 0 aliphatic carbocycles. The number of ether oxygens (including phenoxy) is 2. The molecule has 0 amide bonds. The van der Waals surface area contributed by atoms with Crippen molar-refractivity contribution >= 4 is 16.7 Å². The number of fused-ring (bicyclic) bond motifs is 1. The third-order valence-corrected chi connectivity index (χ3v) is 5.25. The Morgan fingerprint density at radius 1 is 1.00 bits per heavy atom. The van der Waals surface area contributed by atoms with Crippen molar-refractivity contribution in [2.75, 3.05) is 31.7 Å². The molecule has 1 aliphatic rings. The number of rotatable bonds is 4. The van der Waals surface area contributed by atoms with Gasteiger partial charge in [-0.25, -0.2) is 0 Å². The predicted molar refractivity (Wildman–Crippen MR) is 111 cm³/mol. The van der Waals surface area contributed by atoms with Crippen LogP contribution in [0.4, 0.5) is 5.95 Å². The van der Waals surface area contributed by atoms with Gasteiger partial charge in [0.05, 0.1) is 25.9 Å². The monoisotopic (exact) mass is 387 g/mol. The quantitative estimate of drug-likeness (QED) is 0.535. The van der Waals surface area contributed by atoms with Crippen LogP contribution in [0.5, 0.6) is 5.75 Å². The highest BCUT2D eigenvalue weighted by Crippen LogP contribution is 2.29. The molecule has 5 rings (SSSR count). The van der Waals surface area contributed by atoms with Crippen LogP contribution in [-0.2, 0) is 4.74 Å². The molecule has 0 bridgehead atoms. The van der Waals surface area contributed by atoms with E-state index in [1.54, 1.807) is 11.8 Å². The molecule has 4 aromatic rings. The van der Waals surface area contributed by atoms with Gasteiger partial charge < -0.3 is 14.4 Å². The van der Waals surface area contributed by atoms with Gasteiger partial charge in [0, 0.05) is 6.54 Å². The molecular formula is C22H21N5O2. The van der Waals surface area contributed by atoms with E-state index < -0.39 is 0 Å². The van der Waals surface area contributed by atoms with Gasteiger partial charge in [0.15, 0.2) is 0 Å². The number of tetrazole rings is 1. The number of benzene rings is 3. The first-order chi connectivity index (χ1) is 14.3. The molecule has 0 spiro atoms. The molecule has 2 heterocycles. The largest absolute Gasteiger partial charge is 0.497 e. The Kier molecular flexibility index (Phi) is 4.57. The van der Waals surface area contributed by atoms with Crippen molar-refractivity contribution in [1.29, 1.82) is 0 Å². The Hall–Kier alpha value is -3.45. The fourth-order valence-electron chi connectivity index (χ4n) is 3.72. The van der Waals surface area contributed by atoms with Gasteiger partial charge in [-0.2, -0.15) is 4.68 Å². The molecule has 0 N–H and O–H groups in total. The van der Waals surface area contributed by atoms with Gasteiger partial charge in [-0.1, -0.05) is 41.5 Å². The van der Waals surface area contributed by atoms with Crippen molar-refractivity contribution < 1.29 is 9.47 Å². The maximum absolute atomic E-state index is 6.09. The van der Waals surface area contributed by atoms with Crippen molar-refractivity contribution in [3.05, 3.63) is 72.3 Å². The van der Waals surface area contributed by atoms with Crippen molar-refractivity contribution in [2.45, 2.75) is 6.10 Å². The van der Waals surface area contributed by atoms with Crippen LogP contribution < -0.4 is 9.64 Å². The summed E-state index contributed by atoms with van der Waals surface area (Å²) in [7, 11) is 1.68. The number of hydrogen-bond donors (Lipinski definition) is 0. The normalized spacial score (nSPS) is 16.9. The van der Waals surface area contributed by atoms with E-state index in [0.29, 0.717) is 13.2 Å². The second kappa shape index (κ2) is 7.52. The molecule has 1 atom stereocenters. The average molecular weight is 387 g/mol. The zero-order valence-electron chi connectivity index (χ0n) is 16.1. The van der Waals surface area contributed by atoms with Crippen LogP contribution in [0.25, 0.3) is 16.5 Å². The number of para-hydroxylation sites is 1. The summed E-state index contributed by atoms with van der Waals surface area (Å²) in [4.78, 5) is 2.18. The van der Waals surface area contributed by atoms with Gasteiger partial charge in [0.25, 0.3) is 5.95 Å². The second-order valence-electron chi connectivity index (χ2n) is 7.00. The van der Waals surface area contributed by atoms with Crippen molar-refractivity contribution in [3.8, 4) is 11.4 Å². The summed E-state index contributed by atoms with van der Waals surface area (Å²) in [6.45, 7) is 2.05. The zero-order chi connectivity index (χ0) is 19.6. The van der Waals surface area contributed by atoms with Crippen LogP contribution in [0.2, 0.25) is 0 Å². The van der Waals surface area contributed by atoms with Gasteiger partial charge in [-0.3, -0.25) is 0 Å². The molecular weight excluding hydrogens is 366 g/mol. The van der Waals surface area contributed by atoms with Crippen molar-refractivity contribution in [3.63, 3.8) is 0 Å². The van der Waals surface area contributed by atoms with Gasteiger partial charge >= 0.3 is 0 Å². The lowest BCUT2D eigenvalue weighted by Gasteiger charge is -2.33. The van der Waals surface area contributed by atoms with Crippen LogP contribution in [0.1, 0.15) is 11.7 Å². The van der Waals surface area contributed by atoms with E-state index in [4.69, 9.17) is 9.47 Å². The maximum Gasteiger partial charge on any atom is 0.250 e. The van der Waals surface area contributed by atoms with Gasteiger partial charge in [0.2, 0.25) is 0 Å². The predicted octanol–water partition coefficient (Wildman–Crippen LogP) is 3.40. The Balaban J connectivity index is 1.42. The minimum absolute atomic E-state index is 0.0452. The molecule has 7 heteroatoms. The minimum Gasteiger partial charge on any atom is -0.497 e. The van der Waals surface area contributed by atoms with Gasteiger partial charge in [-0.15, -0.1) is 0 Å². The Morgan fingerprint density at radius 2 is 1.83 bits per heavy atom. The van der Waals surface area contributed by atoms with Crippen molar-refractivity contribution in [1.82, 2.24) is 20.2 Å². The summed E-state index contributed by atoms with van der Waals surface area (Å²) in [5.41, 5.74) is 2.08. The average Bonchev–Trinajstić information content (AvgIpc) is 3.29. The van der Waals surface area contributed by atoms with E-state index in [-0.39, 0.29) is 6.10 Å². The summed E-state index contributed by atoms with van der Waals surface area (Å²) in [6, 6.07) is 22.4. The molecule has 1 aliphatic heterocycles. The Labute approximate surface area is 168 Å². The lowest BCUT2D eigenvalue weighted by atomic mass is 10.0. The number of nitrogens with zero attached hydrogens (tertiary/aromatic N) is 5.